The van der Waals surface area contributed by atoms with Crippen molar-refractivity contribution in [2.24, 2.45) is 17.8 Å². The zero-order chi connectivity index (χ0) is 75.8. The summed E-state index contributed by atoms with van der Waals surface area (Å²) >= 11 is 0. The largest absolute Gasteiger partial charge is 0.472 e. The Hall–Kier alpha value is -2.46. The summed E-state index contributed by atoms with van der Waals surface area (Å²) in [6, 6.07) is 0. The van der Waals surface area contributed by atoms with Crippen LogP contribution in [0.25, 0.3) is 0 Å². The number of hydrogen-bond donors (Lipinski definition) is 3. The second kappa shape index (κ2) is 73.7. The molecule has 19 heteroatoms. The molecule has 0 aromatic carbocycles. The van der Waals surface area contributed by atoms with Crippen molar-refractivity contribution in [1.82, 2.24) is 0 Å². The summed E-state index contributed by atoms with van der Waals surface area (Å²) in [4.78, 5) is 73.1. The van der Waals surface area contributed by atoms with Gasteiger partial charge in [0.25, 0.3) is 0 Å². The van der Waals surface area contributed by atoms with E-state index in [0.29, 0.717) is 25.7 Å². The van der Waals surface area contributed by atoms with Crippen LogP contribution in [0.3, 0.4) is 0 Å². The van der Waals surface area contributed by atoms with E-state index in [9.17, 15) is 43.2 Å². The number of hydrogen-bond acceptors (Lipinski definition) is 15. The number of phosphoric ester groups is 2. The first-order valence-electron chi connectivity index (χ1n) is 42.7. The van der Waals surface area contributed by atoms with Gasteiger partial charge >= 0.3 is 39.5 Å². The molecule has 3 N–H and O–H groups in total. The Morgan fingerprint density at radius 2 is 0.573 bits per heavy atom. The number of phosphoric acid groups is 2. The van der Waals surface area contributed by atoms with E-state index in [1.807, 2.05) is 0 Å². The molecule has 17 nitrogen and oxygen atoms in total. The number of ether oxygens (including phenoxy) is 4. The van der Waals surface area contributed by atoms with Crippen LogP contribution in [0, 0.1) is 17.8 Å². The number of carbonyl (C=O) groups excluding carboxylic acids is 4. The fourth-order valence-corrected chi connectivity index (χ4v) is 14.0. The van der Waals surface area contributed by atoms with Crippen molar-refractivity contribution in [2.45, 2.75) is 433 Å². The van der Waals surface area contributed by atoms with E-state index < -0.39 is 97.5 Å². The summed E-state index contributed by atoms with van der Waals surface area (Å²) < 4.78 is 68.7. The third kappa shape index (κ3) is 76.1. The molecule has 0 saturated carbocycles. The Balaban J connectivity index is 5.24. The Kier molecular flexibility index (Phi) is 71.9. The average Bonchev–Trinajstić information content (AvgIpc) is 0.910. The molecule has 0 aliphatic carbocycles. The summed E-state index contributed by atoms with van der Waals surface area (Å²) in [7, 11) is -9.94. The quantitative estimate of drug-likeness (QED) is 0.0169. The second-order valence-electron chi connectivity index (χ2n) is 30.7. The molecule has 0 amide bonds. The Morgan fingerprint density at radius 1 is 0.320 bits per heavy atom. The van der Waals surface area contributed by atoms with Gasteiger partial charge in [0, 0.05) is 25.7 Å². The summed E-state index contributed by atoms with van der Waals surface area (Å²) in [5, 5.41) is 10.7. The third-order valence-electron chi connectivity index (χ3n) is 19.4. The van der Waals surface area contributed by atoms with Gasteiger partial charge in [0.2, 0.25) is 0 Å². The smallest absolute Gasteiger partial charge is 0.462 e. The molecule has 0 aliphatic rings. The lowest BCUT2D eigenvalue weighted by atomic mass is 10.00. The van der Waals surface area contributed by atoms with Gasteiger partial charge < -0.3 is 33.8 Å². The summed E-state index contributed by atoms with van der Waals surface area (Å²) in [5.74, 6) is 0.206. The fourth-order valence-electron chi connectivity index (χ4n) is 12.4. The molecule has 0 radical (unpaired) electrons. The molecule has 6 atom stereocenters. The van der Waals surface area contributed by atoms with E-state index in [-0.39, 0.29) is 25.7 Å². The van der Waals surface area contributed by atoms with Crippen LogP contribution in [0.1, 0.15) is 414 Å². The van der Waals surface area contributed by atoms with Gasteiger partial charge in [-0.3, -0.25) is 37.3 Å². The maximum absolute atomic E-state index is 13.1. The predicted octanol–water partition coefficient (Wildman–Crippen LogP) is 24.9. The van der Waals surface area contributed by atoms with E-state index in [2.05, 4.69) is 72.8 Å². The number of esters is 4. The lowest BCUT2D eigenvalue weighted by Gasteiger charge is -2.21. The first-order valence-corrected chi connectivity index (χ1v) is 45.7. The number of allylic oxidation sites excluding steroid dienone is 4. The normalized spacial score (nSPS) is 14.3. The number of carbonyl (C=O) groups is 4. The van der Waals surface area contributed by atoms with Crippen molar-refractivity contribution >= 4 is 39.5 Å². The highest BCUT2D eigenvalue weighted by Gasteiger charge is 2.30. The van der Waals surface area contributed by atoms with Crippen molar-refractivity contribution in [1.29, 1.82) is 0 Å². The van der Waals surface area contributed by atoms with E-state index >= 15 is 0 Å². The van der Waals surface area contributed by atoms with E-state index in [0.717, 1.165) is 127 Å². The topological polar surface area (TPSA) is 237 Å². The highest BCUT2D eigenvalue weighted by atomic mass is 31.2. The molecule has 0 fully saturated rings. The van der Waals surface area contributed by atoms with Crippen LogP contribution in [-0.4, -0.2) is 96.7 Å². The molecule has 0 aliphatic heterocycles. The Bertz CT molecular complexity index is 2090. The summed E-state index contributed by atoms with van der Waals surface area (Å²) in [6.07, 6.45) is 66.1. The maximum atomic E-state index is 13.1. The molecule has 103 heavy (non-hydrogen) atoms. The van der Waals surface area contributed by atoms with Crippen molar-refractivity contribution in [3.63, 3.8) is 0 Å². The Morgan fingerprint density at radius 3 is 0.864 bits per heavy atom. The van der Waals surface area contributed by atoms with Crippen molar-refractivity contribution < 1.29 is 80.2 Å². The van der Waals surface area contributed by atoms with Gasteiger partial charge in [-0.25, -0.2) is 9.13 Å². The van der Waals surface area contributed by atoms with Gasteiger partial charge in [-0.15, -0.1) is 0 Å². The van der Waals surface area contributed by atoms with E-state index in [1.54, 1.807) is 0 Å². The van der Waals surface area contributed by atoms with E-state index in [4.69, 9.17) is 37.0 Å². The summed E-state index contributed by atoms with van der Waals surface area (Å²) in [5.41, 5.74) is 0. The maximum Gasteiger partial charge on any atom is 0.472 e. The first-order chi connectivity index (χ1) is 49.8. The molecule has 0 bridgehead atoms. The molecule has 3 unspecified atom stereocenters. The van der Waals surface area contributed by atoms with Crippen LogP contribution in [0.4, 0.5) is 0 Å². The fraction of sp³-hybridized carbons (Fsp3) is 0.905. The Labute approximate surface area is 631 Å². The second-order valence-corrected chi connectivity index (χ2v) is 33.6. The van der Waals surface area contributed by atoms with Crippen molar-refractivity contribution in [2.75, 3.05) is 39.6 Å². The highest BCUT2D eigenvalue weighted by molar-refractivity contribution is 7.47. The number of rotatable bonds is 80. The molecular weight excluding hydrogens is 1340 g/mol. The average molecular weight is 1500 g/mol. The molecule has 0 heterocycles. The van der Waals surface area contributed by atoms with Gasteiger partial charge in [0.05, 0.1) is 26.4 Å². The van der Waals surface area contributed by atoms with Crippen LogP contribution in [-0.2, 0) is 65.4 Å². The standard InChI is InChI=1S/C84H160O17P2/c1-8-10-11-12-13-14-15-16-21-29-34-39-44-53-60-67-83(88)100-79(71-94-81(86)65-58-51-43-38-33-28-25-24-27-32-37-42-49-56-63-76(5)6)73-98-102(90,91)96-69-78(85)70-97-103(92,93)99-74-80(72-95-82(87)66-59-52-47-46-50-57-64-77(7)9-2)101-84(89)68-61-54-45-40-35-30-23-20-18-17-19-22-26-31-36-41-48-55-62-75(3)4/h14-16,21,75-80,85H,8-13,17-20,22-74H2,1-7H3,(H,90,91)(H,92,93)/b15-14-,21-16-/t77?,78-,79-,80-/m1/s1. The summed E-state index contributed by atoms with van der Waals surface area (Å²) in [6.45, 7) is 11.9. The molecule has 0 rings (SSSR count). The zero-order valence-electron chi connectivity index (χ0n) is 67.3. The SMILES string of the molecule is CCCCCC/C=C\C=C/CCCCCCCC(=O)O[C@H](COC(=O)CCCCCCCCCCCCCCCCC(C)C)COP(=O)(O)OC[C@@H](O)COP(=O)(O)OC[C@@H](COC(=O)CCCCCCCCC(C)CC)OC(=O)CCCCCCCCCCCCCCCCCCCCC(C)C. The van der Waals surface area contributed by atoms with Gasteiger partial charge in [-0.2, -0.15) is 0 Å². The van der Waals surface area contributed by atoms with Crippen LogP contribution < -0.4 is 0 Å². The van der Waals surface area contributed by atoms with Crippen LogP contribution in [0.2, 0.25) is 0 Å². The minimum atomic E-state index is -4.97. The highest BCUT2D eigenvalue weighted by Crippen LogP contribution is 2.45. The molecule has 0 saturated heterocycles. The minimum absolute atomic E-state index is 0.0851. The van der Waals surface area contributed by atoms with Gasteiger partial charge in [0.15, 0.2) is 12.2 Å². The number of unbranched alkanes of at least 4 members (excludes halogenated alkanes) is 44. The van der Waals surface area contributed by atoms with Crippen molar-refractivity contribution in [3.05, 3.63) is 24.3 Å². The predicted molar refractivity (Wildman–Crippen MR) is 423 cm³/mol. The van der Waals surface area contributed by atoms with E-state index in [1.165, 1.54) is 205 Å². The van der Waals surface area contributed by atoms with Gasteiger partial charge in [-0.1, -0.05) is 362 Å². The zero-order valence-corrected chi connectivity index (χ0v) is 69.1. The van der Waals surface area contributed by atoms with Crippen LogP contribution in [0.15, 0.2) is 24.3 Å². The lowest BCUT2D eigenvalue weighted by molar-refractivity contribution is -0.161. The van der Waals surface area contributed by atoms with Crippen molar-refractivity contribution in [3.8, 4) is 0 Å². The van der Waals surface area contributed by atoms with Gasteiger partial charge in [-0.05, 0) is 69.1 Å². The number of aliphatic hydroxyl groups excluding tert-OH is 1. The molecule has 0 spiro atoms. The van der Waals surface area contributed by atoms with Crippen LogP contribution in [0.5, 0.6) is 0 Å². The monoisotopic (exact) mass is 1500 g/mol. The first kappa shape index (κ1) is 101. The lowest BCUT2D eigenvalue weighted by Crippen LogP contribution is -2.30. The van der Waals surface area contributed by atoms with Crippen LogP contribution >= 0.6 is 15.6 Å². The van der Waals surface area contributed by atoms with Gasteiger partial charge in [0.1, 0.15) is 19.3 Å². The molecule has 0 aromatic heterocycles. The molecule has 608 valence electrons. The minimum Gasteiger partial charge on any atom is -0.462 e. The number of aliphatic hydroxyl groups is 1. The molecule has 0 aromatic rings. The molecular formula is C84H160O17P2. The third-order valence-corrected chi connectivity index (χ3v) is 21.3.